The summed E-state index contributed by atoms with van der Waals surface area (Å²) in [6, 6.07) is 5.64. The van der Waals surface area contributed by atoms with Gasteiger partial charge in [-0.05, 0) is 37.8 Å². The molecule has 1 fully saturated rings. The Kier molecular flexibility index (Phi) is 5.26. The van der Waals surface area contributed by atoms with Crippen LogP contribution in [0.5, 0.6) is 0 Å². The zero-order chi connectivity index (χ0) is 17.8. The van der Waals surface area contributed by atoms with Crippen LogP contribution in [0.3, 0.4) is 0 Å². The van der Waals surface area contributed by atoms with Crippen LogP contribution < -0.4 is 10.9 Å². The summed E-state index contributed by atoms with van der Waals surface area (Å²) < 4.78 is 0. The Balaban J connectivity index is 1.74. The van der Waals surface area contributed by atoms with Crippen molar-refractivity contribution in [1.29, 1.82) is 0 Å². The van der Waals surface area contributed by atoms with Gasteiger partial charge in [0.25, 0.3) is 5.56 Å². The number of hydrogen-bond acceptors (Lipinski definition) is 4. The quantitative estimate of drug-likeness (QED) is 0.894. The molecule has 6 heteroatoms. The van der Waals surface area contributed by atoms with Crippen molar-refractivity contribution in [3.63, 3.8) is 0 Å². The lowest BCUT2D eigenvalue weighted by molar-refractivity contribution is -0.121. The molecule has 0 saturated heterocycles. The highest BCUT2D eigenvalue weighted by Crippen LogP contribution is 2.23. The van der Waals surface area contributed by atoms with E-state index in [1.807, 2.05) is 6.07 Å². The number of nitrogens with zero attached hydrogens (tertiary/aromatic N) is 2. The molecule has 132 valence electrons. The summed E-state index contributed by atoms with van der Waals surface area (Å²) in [6.07, 6.45) is 6.24. The van der Waals surface area contributed by atoms with Gasteiger partial charge in [-0.1, -0.05) is 25.8 Å². The maximum atomic E-state index is 12.4. The molecule has 2 atom stereocenters. The molecule has 2 N–H and O–H groups in total. The Bertz CT molecular complexity index is 801. The lowest BCUT2D eigenvalue weighted by atomic mass is 9.86. The summed E-state index contributed by atoms with van der Waals surface area (Å²) in [7, 11) is 0. The fourth-order valence-electron chi connectivity index (χ4n) is 3.39. The molecule has 0 aromatic carbocycles. The first-order chi connectivity index (χ1) is 12.0. The highest BCUT2D eigenvalue weighted by atomic mass is 16.2. The molecule has 1 aliphatic carbocycles. The summed E-state index contributed by atoms with van der Waals surface area (Å²) in [5.41, 5.74) is 1.31. The van der Waals surface area contributed by atoms with Gasteiger partial charge in [-0.3, -0.25) is 14.6 Å². The number of H-pyrrole nitrogens is 1. The topological polar surface area (TPSA) is 87.7 Å². The van der Waals surface area contributed by atoms with E-state index >= 15 is 0 Å². The molecule has 2 aromatic rings. The van der Waals surface area contributed by atoms with Crippen LogP contribution in [-0.4, -0.2) is 26.9 Å². The van der Waals surface area contributed by atoms with Crippen molar-refractivity contribution in [2.75, 3.05) is 0 Å². The first-order valence-electron chi connectivity index (χ1n) is 8.85. The molecule has 6 nitrogen and oxygen atoms in total. The smallest absolute Gasteiger partial charge is 0.255 e. The van der Waals surface area contributed by atoms with Gasteiger partial charge < -0.3 is 10.3 Å². The van der Waals surface area contributed by atoms with Crippen LogP contribution >= 0.6 is 0 Å². The Labute approximate surface area is 147 Å². The van der Waals surface area contributed by atoms with Gasteiger partial charge in [-0.2, -0.15) is 0 Å². The predicted octanol–water partition coefficient (Wildman–Crippen LogP) is 2.38. The van der Waals surface area contributed by atoms with E-state index in [0.29, 0.717) is 28.7 Å². The molecule has 0 spiro atoms. The Morgan fingerprint density at radius 1 is 1.32 bits per heavy atom. The number of rotatable bonds is 4. The van der Waals surface area contributed by atoms with Crippen molar-refractivity contribution >= 4 is 5.91 Å². The molecule has 0 aliphatic heterocycles. The van der Waals surface area contributed by atoms with Crippen molar-refractivity contribution in [3.05, 3.63) is 46.0 Å². The van der Waals surface area contributed by atoms with Gasteiger partial charge in [0.2, 0.25) is 5.91 Å². The molecular formula is C19H24N4O2. The van der Waals surface area contributed by atoms with E-state index in [2.05, 4.69) is 27.2 Å². The second-order valence-electron chi connectivity index (χ2n) is 6.81. The molecule has 0 unspecified atom stereocenters. The normalized spacial score (nSPS) is 20.2. The molecule has 2 aromatic heterocycles. The Morgan fingerprint density at radius 2 is 2.12 bits per heavy atom. The third-order valence-electron chi connectivity index (χ3n) is 4.92. The van der Waals surface area contributed by atoms with Crippen molar-refractivity contribution < 1.29 is 4.79 Å². The summed E-state index contributed by atoms with van der Waals surface area (Å²) in [4.78, 5) is 36.2. The first kappa shape index (κ1) is 17.3. The van der Waals surface area contributed by atoms with Crippen LogP contribution in [0.4, 0.5) is 0 Å². The molecular weight excluding hydrogens is 316 g/mol. The van der Waals surface area contributed by atoms with E-state index in [-0.39, 0.29) is 23.9 Å². The number of aromatic amines is 1. The van der Waals surface area contributed by atoms with Gasteiger partial charge in [0.15, 0.2) is 5.82 Å². The molecule has 0 bridgehead atoms. The van der Waals surface area contributed by atoms with Crippen LogP contribution in [0.1, 0.15) is 43.9 Å². The minimum Gasteiger partial charge on any atom is -0.353 e. The molecule has 25 heavy (non-hydrogen) atoms. The average Bonchev–Trinajstić information content (AvgIpc) is 2.61. The van der Waals surface area contributed by atoms with Crippen molar-refractivity contribution in [3.8, 4) is 11.5 Å². The van der Waals surface area contributed by atoms with Crippen LogP contribution in [0.2, 0.25) is 0 Å². The maximum absolute atomic E-state index is 12.4. The number of nitrogens with one attached hydrogen (secondary N) is 2. The standard InChI is InChI=1S/C19H24N4O2/c1-12-7-3-4-8-15(12)22-17(24)11-14-13(2)21-18(23-19(14)25)16-9-5-6-10-20-16/h5-6,9-10,12,15H,3-4,7-8,11H2,1-2H3,(H,22,24)(H,21,23,25)/t12-,15-/m1/s1. The largest absolute Gasteiger partial charge is 0.353 e. The van der Waals surface area contributed by atoms with E-state index < -0.39 is 0 Å². The summed E-state index contributed by atoms with van der Waals surface area (Å²) in [5, 5.41) is 3.09. The first-order valence-corrected chi connectivity index (χ1v) is 8.85. The summed E-state index contributed by atoms with van der Waals surface area (Å²) >= 11 is 0. The van der Waals surface area contributed by atoms with Gasteiger partial charge >= 0.3 is 0 Å². The van der Waals surface area contributed by atoms with Crippen LogP contribution in [0.15, 0.2) is 29.2 Å². The molecule has 2 heterocycles. The van der Waals surface area contributed by atoms with E-state index in [1.54, 1.807) is 25.3 Å². The zero-order valence-corrected chi connectivity index (χ0v) is 14.7. The lowest BCUT2D eigenvalue weighted by Gasteiger charge is -2.29. The van der Waals surface area contributed by atoms with E-state index in [0.717, 1.165) is 19.3 Å². The second kappa shape index (κ2) is 7.59. The number of aryl methyl sites for hydroxylation is 1. The van der Waals surface area contributed by atoms with Gasteiger partial charge in [-0.15, -0.1) is 0 Å². The number of aromatic nitrogens is 3. The van der Waals surface area contributed by atoms with Crippen LogP contribution in [0, 0.1) is 12.8 Å². The highest BCUT2D eigenvalue weighted by Gasteiger charge is 2.23. The van der Waals surface area contributed by atoms with E-state index in [4.69, 9.17) is 0 Å². The van der Waals surface area contributed by atoms with Gasteiger partial charge in [0.05, 0.1) is 6.42 Å². The fraction of sp³-hybridized carbons (Fsp3) is 0.474. The minimum atomic E-state index is -0.278. The fourth-order valence-corrected chi connectivity index (χ4v) is 3.39. The zero-order valence-electron chi connectivity index (χ0n) is 14.7. The number of pyridine rings is 1. The van der Waals surface area contributed by atoms with Crippen LogP contribution in [-0.2, 0) is 11.2 Å². The van der Waals surface area contributed by atoms with Gasteiger partial charge in [-0.25, -0.2) is 4.98 Å². The van der Waals surface area contributed by atoms with Crippen molar-refractivity contribution in [2.45, 2.75) is 52.0 Å². The minimum absolute atomic E-state index is 0.0554. The third kappa shape index (κ3) is 4.13. The third-order valence-corrected chi connectivity index (χ3v) is 4.92. The molecule has 0 radical (unpaired) electrons. The second-order valence-corrected chi connectivity index (χ2v) is 6.81. The number of carbonyl (C=O) groups excluding carboxylic acids is 1. The summed E-state index contributed by atoms with van der Waals surface area (Å²) in [5.74, 6) is 0.801. The average molecular weight is 340 g/mol. The maximum Gasteiger partial charge on any atom is 0.255 e. The monoisotopic (exact) mass is 340 g/mol. The molecule has 3 rings (SSSR count). The number of hydrogen-bond donors (Lipinski definition) is 2. The SMILES string of the molecule is Cc1nc(-c2ccccn2)[nH]c(=O)c1CC(=O)N[C@@H]1CCCC[C@H]1C. The van der Waals surface area contributed by atoms with Crippen molar-refractivity contribution in [2.24, 2.45) is 5.92 Å². The van der Waals surface area contributed by atoms with E-state index in [1.165, 1.54) is 6.42 Å². The summed E-state index contributed by atoms with van der Waals surface area (Å²) in [6.45, 7) is 3.93. The number of carbonyl (C=O) groups is 1. The molecule has 1 saturated carbocycles. The van der Waals surface area contributed by atoms with E-state index in [9.17, 15) is 9.59 Å². The molecule has 1 amide bonds. The lowest BCUT2D eigenvalue weighted by Crippen LogP contribution is -2.42. The highest BCUT2D eigenvalue weighted by molar-refractivity contribution is 5.79. The number of amides is 1. The Hall–Kier alpha value is -2.50. The predicted molar refractivity (Wildman–Crippen MR) is 96.1 cm³/mol. The van der Waals surface area contributed by atoms with Crippen LogP contribution in [0.25, 0.3) is 11.5 Å². The Morgan fingerprint density at radius 3 is 2.80 bits per heavy atom. The van der Waals surface area contributed by atoms with Crippen molar-refractivity contribution in [1.82, 2.24) is 20.3 Å². The van der Waals surface area contributed by atoms with Gasteiger partial charge in [0.1, 0.15) is 5.69 Å². The van der Waals surface area contributed by atoms with Gasteiger partial charge in [0, 0.05) is 23.5 Å². The molecule has 1 aliphatic rings.